The Bertz CT molecular complexity index is 1610. The minimum atomic E-state index is -4.73. The fourth-order valence-electron chi connectivity index (χ4n) is 4.61. The van der Waals surface area contributed by atoms with Gasteiger partial charge in [-0.1, -0.05) is 91.0 Å². The summed E-state index contributed by atoms with van der Waals surface area (Å²) in [4.78, 5) is 0. The van der Waals surface area contributed by atoms with Crippen molar-refractivity contribution in [2.45, 2.75) is 19.0 Å². The summed E-state index contributed by atoms with van der Waals surface area (Å²) in [5.74, 6) is -1.57. The van der Waals surface area contributed by atoms with Gasteiger partial charge in [-0.3, -0.25) is 0 Å². The molecular formula is C33H23F5. The lowest BCUT2D eigenvalue weighted by atomic mass is 9.95. The van der Waals surface area contributed by atoms with Gasteiger partial charge in [0.2, 0.25) is 0 Å². The number of fused-ring (bicyclic) bond motifs is 1. The quantitative estimate of drug-likeness (QED) is 0.156. The Morgan fingerprint density at radius 1 is 0.632 bits per heavy atom. The second-order valence-electron chi connectivity index (χ2n) is 9.16. The second-order valence-corrected chi connectivity index (χ2v) is 9.16. The molecule has 0 saturated heterocycles. The van der Waals surface area contributed by atoms with Crippen LogP contribution < -0.4 is 0 Å². The molecule has 0 aliphatic carbocycles. The van der Waals surface area contributed by atoms with E-state index in [1.807, 2.05) is 66.7 Å². The number of rotatable bonds is 6. The third kappa shape index (κ3) is 5.10. The van der Waals surface area contributed by atoms with Gasteiger partial charge in [0, 0.05) is 10.9 Å². The summed E-state index contributed by atoms with van der Waals surface area (Å²) < 4.78 is 67.9. The zero-order valence-electron chi connectivity index (χ0n) is 20.3. The van der Waals surface area contributed by atoms with Crippen LogP contribution in [0.25, 0.3) is 44.2 Å². The topological polar surface area (TPSA) is 0 Å². The molecule has 5 aromatic carbocycles. The summed E-state index contributed by atoms with van der Waals surface area (Å²) in [5, 5.41) is 1.43. The third-order valence-corrected chi connectivity index (χ3v) is 6.68. The van der Waals surface area contributed by atoms with E-state index in [2.05, 4.69) is 6.58 Å². The zero-order chi connectivity index (χ0) is 26.9. The largest absolute Gasteiger partial charge is 0.419 e. The molecule has 0 amide bonds. The number of benzene rings is 5. The molecule has 0 bridgehead atoms. The van der Waals surface area contributed by atoms with E-state index >= 15 is 4.39 Å². The van der Waals surface area contributed by atoms with E-state index in [1.54, 1.807) is 18.2 Å². The first-order chi connectivity index (χ1) is 18.2. The Balaban J connectivity index is 1.37. The highest BCUT2D eigenvalue weighted by Gasteiger charge is 2.33. The van der Waals surface area contributed by atoms with Crippen molar-refractivity contribution in [2.75, 3.05) is 0 Å². The predicted octanol–water partition coefficient (Wildman–Crippen LogP) is 10.3. The van der Waals surface area contributed by atoms with Crippen LogP contribution in [0.3, 0.4) is 0 Å². The first kappa shape index (κ1) is 25.4. The van der Waals surface area contributed by atoms with Crippen molar-refractivity contribution >= 4 is 10.8 Å². The zero-order valence-corrected chi connectivity index (χ0v) is 20.3. The molecule has 38 heavy (non-hydrogen) atoms. The molecule has 0 radical (unpaired) electrons. The van der Waals surface area contributed by atoms with Crippen molar-refractivity contribution in [3.05, 3.63) is 132 Å². The minimum Gasteiger partial charge on any atom is -0.206 e. The van der Waals surface area contributed by atoms with Crippen molar-refractivity contribution in [2.24, 2.45) is 0 Å². The molecule has 0 saturated carbocycles. The van der Waals surface area contributed by atoms with Gasteiger partial charge in [0.1, 0.15) is 11.6 Å². The molecule has 5 rings (SSSR count). The minimum absolute atomic E-state index is 0.265. The number of alkyl halides is 3. The molecule has 0 N–H and O–H groups in total. The highest BCUT2D eigenvalue weighted by molar-refractivity contribution is 5.89. The summed E-state index contributed by atoms with van der Waals surface area (Å²) in [6.07, 6.45) is -1.13. The smallest absolute Gasteiger partial charge is 0.206 e. The van der Waals surface area contributed by atoms with E-state index in [0.29, 0.717) is 22.1 Å². The maximum absolute atomic E-state index is 15.4. The molecule has 5 aromatic rings. The van der Waals surface area contributed by atoms with Gasteiger partial charge in [-0.15, -0.1) is 6.58 Å². The summed E-state index contributed by atoms with van der Waals surface area (Å²) in [6, 6.07) is 27.0. The van der Waals surface area contributed by atoms with Crippen LogP contribution in [0.1, 0.15) is 17.5 Å². The van der Waals surface area contributed by atoms with Crippen LogP contribution in [0.5, 0.6) is 0 Å². The van der Waals surface area contributed by atoms with Gasteiger partial charge in [-0.05, 0) is 63.7 Å². The third-order valence-electron chi connectivity index (χ3n) is 6.68. The number of allylic oxidation sites excluding steroid dienone is 1. The molecule has 0 heterocycles. The summed E-state index contributed by atoms with van der Waals surface area (Å²) in [5.41, 5.74) is 3.85. The molecule has 0 atom stereocenters. The summed E-state index contributed by atoms with van der Waals surface area (Å²) >= 11 is 0. The monoisotopic (exact) mass is 514 g/mol. The van der Waals surface area contributed by atoms with E-state index < -0.39 is 17.6 Å². The highest BCUT2D eigenvalue weighted by Crippen LogP contribution is 2.35. The number of aryl methyl sites for hydroxylation is 1. The van der Waals surface area contributed by atoms with Crippen molar-refractivity contribution in [3.8, 4) is 33.4 Å². The normalized spacial score (nSPS) is 11.6. The van der Waals surface area contributed by atoms with Crippen molar-refractivity contribution in [1.82, 2.24) is 0 Å². The van der Waals surface area contributed by atoms with Crippen LogP contribution in [0.15, 0.2) is 110 Å². The van der Waals surface area contributed by atoms with Gasteiger partial charge < -0.3 is 0 Å². The van der Waals surface area contributed by atoms with Crippen LogP contribution in [0.2, 0.25) is 0 Å². The Hall–Kier alpha value is -4.25. The van der Waals surface area contributed by atoms with Crippen LogP contribution in [0.4, 0.5) is 22.0 Å². The lowest BCUT2D eigenvalue weighted by molar-refractivity contribution is -0.139. The van der Waals surface area contributed by atoms with Crippen LogP contribution in [-0.2, 0) is 12.6 Å². The Labute approximate surface area is 217 Å². The van der Waals surface area contributed by atoms with Gasteiger partial charge >= 0.3 is 6.18 Å². The lowest BCUT2D eigenvalue weighted by Crippen LogP contribution is -2.07. The van der Waals surface area contributed by atoms with Gasteiger partial charge in [0.15, 0.2) is 0 Å². The molecule has 0 unspecified atom stereocenters. The second kappa shape index (κ2) is 10.3. The maximum atomic E-state index is 15.4. The fourth-order valence-corrected chi connectivity index (χ4v) is 4.61. The molecule has 0 aromatic heterocycles. The fraction of sp³-hybridized carbons (Fsp3) is 0.0909. The molecule has 0 fully saturated rings. The average molecular weight is 515 g/mol. The molecule has 0 aliphatic heterocycles. The van der Waals surface area contributed by atoms with Crippen molar-refractivity contribution in [1.29, 1.82) is 0 Å². The molecule has 5 heteroatoms. The van der Waals surface area contributed by atoms with Crippen LogP contribution in [0, 0.1) is 11.6 Å². The van der Waals surface area contributed by atoms with Gasteiger partial charge in [-0.2, -0.15) is 13.2 Å². The Morgan fingerprint density at radius 2 is 1.21 bits per heavy atom. The maximum Gasteiger partial charge on any atom is 0.419 e. The highest BCUT2D eigenvalue weighted by atomic mass is 19.4. The van der Waals surface area contributed by atoms with Gasteiger partial charge in [0.25, 0.3) is 0 Å². The molecule has 190 valence electrons. The van der Waals surface area contributed by atoms with Gasteiger partial charge in [-0.25, -0.2) is 8.78 Å². The Morgan fingerprint density at radius 3 is 1.79 bits per heavy atom. The SMILES string of the molecule is C=CCCc1ccc2c(F)c(-c3ccc(-c4ccc(-c5ccc(C(F)(F)F)c(F)c5)cc4)cc3)ccc2c1. The molecule has 0 spiro atoms. The van der Waals surface area contributed by atoms with E-state index in [9.17, 15) is 17.6 Å². The van der Waals surface area contributed by atoms with E-state index in [0.717, 1.165) is 52.6 Å². The van der Waals surface area contributed by atoms with Crippen molar-refractivity contribution in [3.63, 3.8) is 0 Å². The number of hydrogen-bond donors (Lipinski definition) is 0. The van der Waals surface area contributed by atoms with Crippen LogP contribution >= 0.6 is 0 Å². The first-order valence-corrected chi connectivity index (χ1v) is 12.1. The van der Waals surface area contributed by atoms with E-state index in [-0.39, 0.29) is 5.82 Å². The standard InChI is InChI=1S/C33H23F5/c1-2-3-4-21-5-16-29-27(19-21)14-17-28(32(29)35)25-12-10-23(11-13-25)22-6-8-24(9-7-22)26-15-18-30(31(34)20-26)33(36,37)38/h2,5-20H,1,3-4H2. The molecule has 0 nitrogen and oxygen atoms in total. The van der Waals surface area contributed by atoms with Gasteiger partial charge in [0.05, 0.1) is 5.56 Å². The Kier molecular flexibility index (Phi) is 6.85. The van der Waals surface area contributed by atoms with E-state index in [4.69, 9.17) is 0 Å². The lowest BCUT2D eigenvalue weighted by Gasteiger charge is -2.11. The summed E-state index contributed by atoms with van der Waals surface area (Å²) in [6.45, 7) is 3.75. The molecular weight excluding hydrogens is 491 g/mol. The van der Waals surface area contributed by atoms with Crippen molar-refractivity contribution < 1.29 is 22.0 Å². The average Bonchev–Trinajstić information content (AvgIpc) is 2.91. The molecule has 0 aliphatic rings. The first-order valence-electron chi connectivity index (χ1n) is 12.1. The summed E-state index contributed by atoms with van der Waals surface area (Å²) in [7, 11) is 0. The predicted molar refractivity (Wildman–Crippen MR) is 144 cm³/mol. The number of halogens is 5. The number of hydrogen-bond acceptors (Lipinski definition) is 0. The van der Waals surface area contributed by atoms with Crippen LogP contribution in [-0.4, -0.2) is 0 Å². The van der Waals surface area contributed by atoms with E-state index in [1.165, 1.54) is 6.07 Å².